The molecule has 0 aromatic carbocycles. The molecule has 296 valence electrons. The normalized spacial score (nSPS) is 21.7. The molecule has 0 saturated carbocycles. The van der Waals surface area contributed by atoms with Gasteiger partial charge in [0.2, 0.25) is 5.78 Å². The molecule has 1 aromatic heterocycles. The van der Waals surface area contributed by atoms with Crippen molar-refractivity contribution in [1.29, 1.82) is 0 Å². The number of ether oxygens (including phenoxy) is 2. The highest BCUT2D eigenvalue weighted by Gasteiger charge is 2.29. The standard InChI is InChI=1S/C44H62F2N3O4P/c1-10-13-15-17-39(46)43(32(7)45)53-36(16-14-11-2)26-40-37(12-3)31(6)24-38(34(9)49-40)42(50)41-25-35(33(8)48-41)23-29(4)22-30(5)27-54-52-28-44(47)18-20-51-21-19-44/h1,12,15-17,23,25-26,30-32,48-49,54H,11,13-14,18-22,24,27-28,47H2,2-9H3/b17-15-,29-23-,36-16-,37-12-,40-26+,43-39-. The number of Topliss-reactive ketones (excluding diaryl/α,β-unsaturated/α-hetero) is 1. The summed E-state index contributed by atoms with van der Waals surface area (Å²) < 4.78 is 47.1. The lowest BCUT2D eigenvalue weighted by Gasteiger charge is -2.32. The van der Waals surface area contributed by atoms with Crippen LogP contribution >= 0.6 is 8.81 Å². The van der Waals surface area contributed by atoms with E-state index in [9.17, 15) is 9.18 Å². The summed E-state index contributed by atoms with van der Waals surface area (Å²) in [5.41, 5.74) is 12.9. The molecule has 0 bridgehead atoms. The molecular formula is C44H62F2N3O4P. The zero-order valence-corrected chi connectivity index (χ0v) is 34.6. The van der Waals surface area contributed by atoms with Crippen LogP contribution in [0.15, 0.2) is 81.9 Å². The monoisotopic (exact) mass is 765 g/mol. The lowest BCUT2D eigenvalue weighted by molar-refractivity contribution is 0.0367. The molecule has 1 fully saturated rings. The Balaban J connectivity index is 1.79. The molecule has 54 heavy (non-hydrogen) atoms. The predicted octanol–water partition coefficient (Wildman–Crippen LogP) is 10.6. The highest BCUT2D eigenvalue weighted by molar-refractivity contribution is 7.32. The summed E-state index contributed by atoms with van der Waals surface area (Å²) in [6.45, 7) is 17.5. The first kappa shape index (κ1) is 44.9. The van der Waals surface area contributed by atoms with Crippen LogP contribution in [-0.2, 0) is 14.0 Å². The number of ketones is 1. The minimum Gasteiger partial charge on any atom is -0.456 e. The van der Waals surface area contributed by atoms with Crippen molar-refractivity contribution in [2.45, 2.75) is 112 Å². The number of halogens is 2. The van der Waals surface area contributed by atoms with E-state index >= 15 is 4.39 Å². The van der Waals surface area contributed by atoms with E-state index in [2.05, 4.69) is 43.1 Å². The van der Waals surface area contributed by atoms with Crippen molar-refractivity contribution in [2.75, 3.05) is 26.0 Å². The van der Waals surface area contributed by atoms with Crippen LogP contribution in [-0.4, -0.2) is 48.5 Å². The average molecular weight is 766 g/mol. The number of nitrogens with one attached hydrogen (secondary N) is 2. The van der Waals surface area contributed by atoms with Gasteiger partial charge in [-0.1, -0.05) is 51.0 Å². The number of carbonyl (C=O) groups excluding carboxylic acids is 1. The molecule has 7 nitrogen and oxygen atoms in total. The zero-order chi connectivity index (χ0) is 39.8. The molecule has 3 rings (SSSR count). The Morgan fingerprint density at radius 3 is 2.65 bits per heavy atom. The Morgan fingerprint density at radius 2 is 2.00 bits per heavy atom. The number of nitrogens with two attached hydrogens (primary N) is 1. The van der Waals surface area contributed by atoms with E-state index in [1.54, 1.807) is 6.08 Å². The number of aromatic amines is 1. The lowest BCUT2D eigenvalue weighted by atomic mass is 9.90. The third kappa shape index (κ3) is 13.6. The van der Waals surface area contributed by atoms with Crippen molar-refractivity contribution in [3.05, 3.63) is 98.9 Å². The summed E-state index contributed by atoms with van der Waals surface area (Å²) in [4.78, 5) is 17.5. The number of rotatable bonds is 18. The number of hydrogen-bond acceptors (Lipinski definition) is 6. The Bertz CT molecular complexity index is 1700. The predicted molar refractivity (Wildman–Crippen MR) is 220 cm³/mol. The topological polar surface area (TPSA) is 98.6 Å². The van der Waals surface area contributed by atoms with Gasteiger partial charge < -0.3 is 30.0 Å². The molecule has 0 aliphatic carbocycles. The van der Waals surface area contributed by atoms with Crippen molar-refractivity contribution in [2.24, 2.45) is 17.6 Å². The van der Waals surface area contributed by atoms with Crippen LogP contribution in [0.2, 0.25) is 0 Å². The third-order valence-electron chi connectivity index (χ3n) is 9.71. The average Bonchev–Trinajstić information content (AvgIpc) is 3.43. The fourth-order valence-electron chi connectivity index (χ4n) is 6.60. The molecule has 10 heteroatoms. The maximum Gasteiger partial charge on any atom is 0.206 e. The van der Waals surface area contributed by atoms with Gasteiger partial charge in [0.05, 0.1) is 12.3 Å². The van der Waals surface area contributed by atoms with Gasteiger partial charge in [0.25, 0.3) is 0 Å². The molecule has 1 saturated heterocycles. The third-order valence-corrected chi connectivity index (χ3v) is 10.9. The lowest BCUT2D eigenvalue weighted by Crippen LogP contribution is -2.48. The molecule has 0 amide bonds. The summed E-state index contributed by atoms with van der Waals surface area (Å²) in [7, 11) is 0.403. The van der Waals surface area contributed by atoms with E-state index in [0.29, 0.717) is 75.8 Å². The minimum absolute atomic E-state index is 0.0352. The number of allylic oxidation sites excluding steroid dienone is 11. The Morgan fingerprint density at radius 1 is 1.28 bits per heavy atom. The fraction of sp³-hybridized carbons (Fsp3) is 0.523. The largest absolute Gasteiger partial charge is 0.456 e. The van der Waals surface area contributed by atoms with Crippen LogP contribution < -0.4 is 11.1 Å². The summed E-state index contributed by atoms with van der Waals surface area (Å²) in [6.07, 6.45) is 19.6. The van der Waals surface area contributed by atoms with Crippen LogP contribution in [0.5, 0.6) is 0 Å². The van der Waals surface area contributed by atoms with E-state index in [1.807, 2.05) is 45.9 Å². The van der Waals surface area contributed by atoms with Crippen molar-refractivity contribution < 1.29 is 27.6 Å². The molecule has 1 aromatic rings. The van der Waals surface area contributed by atoms with Crippen molar-refractivity contribution >= 4 is 20.7 Å². The van der Waals surface area contributed by atoms with Gasteiger partial charge in [-0.3, -0.25) is 4.79 Å². The SMILES string of the molecule is C#CC/C=C\C(F)=C(\OC(=C\CCC)/C=C1/NC(C)=C(C(=O)c2cc(/C=C(/C)CC(C)CPOCC3(N)CCOCC3)c(C)[nH]2)CC(C)/C1=C/C)C(C)F. The van der Waals surface area contributed by atoms with Crippen LogP contribution in [0, 0.1) is 31.1 Å². The number of alkyl halides is 1. The van der Waals surface area contributed by atoms with Gasteiger partial charge in [0, 0.05) is 62.7 Å². The molecule has 2 aliphatic heterocycles. The van der Waals surface area contributed by atoms with Gasteiger partial charge in [-0.15, -0.1) is 12.3 Å². The molecule has 0 radical (unpaired) electrons. The number of aryl methyl sites for hydroxylation is 1. The second-order valence-electron chi connectivity index (χ2n) is 14.8. The number of aromatic nitrogens is 1. The molecule has 3 heterocycles. The van der Waals surface area contributed by atoms with Crippen LogP contribution in [0.25, 0.3) is 6.08 Å². The molecule has 4 N–H and O–H groups in total. The second-order valence-corrected chi connectivity index (χ2v) is 15.8. The van der Waals surface area contributed by atoms with Gasteiger partial charge in [-0.05, 0) is 114 Å². The Labute approximate surface area is 324 Å². The van der Waals surface area contributed by atoms with Gasteiger partial charge in [-0.2, -0.15) is 0 Å². The Kier molecular flexibility index (Phi) is 18.4. The Hall–Kier alpha value is -3.54. The first-order valence-corrected chi connectivity index (χ1v) is 20.3. The van der Waals surface area contributed by atoms with Crippen LogP contribution in [0.1, 0.15) is 115 Å². The number of hydrogen-bond donors (Lipinski definition) is 3. The molecule has 4 unspecified atom stereocenters. The van der Waals surface area contributed by atoms with Gasteiger partial charge in [-0.25, -0.2) is 8.78 Å². The number of carbonyl (C=O) groups is 1. The summed E-state index contributed by atoms with van der Waals surface area (Å²) in [6, 6.07) is 1.94. The van der Waals surface area contributed by atoms with Crippen LogP contribution in [0.3, 0.4) is 0 Å². The van der Waals surface area contributed by atoms with Crippen molar-refractivity contribution in [1.82, 2.24) is 10.3 Å². The fourth-order valence-corrected chi connectivity index (χ4v) is 7.53. The first-order chi connectivity index (χ1) is 25.7. The highest BCUT2D eigenvalue weighted by atomic mass is 31.1. The van der Waals surface area contributed by atoms with Crippen molar-refractivity contribution in [3.63, 3.8) is 0 Å². The van der Waals surface area contributed by atoms with Crippen molar-refractivity contribution in [3.8, 4) is 12.3 Å². The molecule has 2 aliphatic rings. The summed E-state index contributed by atoms with van der Waals surface area (Å²) in [5.74, 6) is 1.80. The smallest absolute Gasteiger partial charge is 0.206 e. The number of unbranched alkanes of at least 4 members (excludes halogenated alkanes) is 1. The number of terminal acetylenes is 1. The van der Waals surface area contributed by atoms with Gasteiger partial charge in [0.1, 0.15) is 5.76 Å². The molecular weight excluding hydrogens is 703 g/mol. The van der Waals surface area contributed by atoms with E-state index in [1.165, 1.54) is 18.6 Å². The van der Waals surface area contributed by atoms with E-state index in [0.717, 1.165) is 54.8 Å². The quantitative estimate of drug-likeness (QED) is 0.0344. The summed E-state index contributed by atoms with van der Waals surface area (Å²) in [5, 5.41) is 3.45. The molecule has 0 spiro atoms. The molecule has 4 atom stereocenters. The highest BCUT2D eigenvalue weighted by Crippen LogP contribution is 2.34. The first-order valence-electron chi connectivity index (χ1n) is 19.2. The van der Waals surface area contributed by atoms with Gasteiger partial charge in [0.15, 0.2) is 17.8 Å². The summed E-state index contributed by atoms with van der Waals surface area (Å²) >= 11 is 0. The maximum atomic E-state index is 15.0. The second kappa shape index (κ2) is 22.1. The minimum atomic E-state index is -1.69. The maximum absolute atomic E-state index is 15.0. The van der Waals surface area contributed by atoms with E-state index in [4.69, 9.17) is 26.2 Å². The zero-order valence-electron chi connectivity index (χ0n) is 33.6. The van der Waals surface area contributed by atoms with Gasteiger partial charge >= 0.3 is 0 Å². The number of H-pyrrole nitrogens is 1. The van der Waals surface area contributed by atoms with E-state index < -0.39 is 17.8 Å². The van der Waals surface area contributed by atoms with E-state index in [-0.39, 0.29) is 23.7 Å². The van der Waals surface area contributed by atoms with Crippen LogP contribution in [0.4, 0.5) is 8.78 Å².